The van der Waals surface area contributed by atoms with Gasteiger partial charge in [-0.3, -0.25) is 4.79 Å². The second-order valence-corrected chi connectivity index (χ2v) is 8.13. The van der Waals surface area contributed by atoms with E-state index in [-0.39, 0.29) is 5.91 Å². The van der Waals surface area contributed by atoms with Crippen LogP contribution in [0.15, 0.2) is 36.4 Å². The van der Waals surface area contributed by atoms with E-state index in [1.165, 1.54) is 29.7 Å². The molecule has 0 unspecified atom stereocenters. The summed E-state index contributed by atoms with van der Waals surface area (Å²) in [7, 11) is 0. The SMILES string of the molecule is C[C@H]1CCCC[C@@H]1NC(=O)C[NH+]1CC[NH+](C/C=C/c2ccccc2)CC1. The van der Waals surface area contributed by atoms with E-state index in [9.17, 15) is 4.79 Å². The highest BCUT2D eigenvalue weighted by Crippen LogP contribution is 2.23. The van der Waals surface area contributed by atoms with Gasteiger partial charge in [-0.1, -0.05) is 56.2 Å². The molecule has 0 radical (unpaired) electrons. The summed E-state index contributed by atoms with van der Waals surface area (Å²) in [4.78, 5) is 15.5. The fourth-order valence-corrected chi connectivity index (χ4v) is 4.28. The van der Waals surface area contributed by atoms with E-state index in [1.54, 1.807) is 4.90 Å². The van der Waals surface area contributed by atoms with Crippen molar-refractivity contribution in [1.29, 1.82) is 0 Å². The number of benzene rings is 1. The molecule has 1 aromatic carbocycles. The van der Waals surface area contributed by atoms with Crippen LogP contribution in [0.25, 0.3) is 6.08 Å². The van der Waals surface area contributed by atoms with Gasteiger partial charge in [0.15, 0.2) is 6.54 Å². The van der Waals surface area contributed by atoms with Gasteiger partial charge in [0.05, 0.1) is 6.54 Å². The minimum Gasteiger partial charge on any atom is -0.348 e. The quantitative estimate of drug-likeness (QED) is 0.668. The van der Waals surface area contributed by atoms with Crippen LogP contribution in [0.5, 0.6) is 0 Å². The molecule has 26 heavy (non-hydrogen) atoms. The summed E-state index contributed by atoms with van der Waals surface area (Å²) in [6.07, 6.45) is 9.50. The van der Waals surface area contributed by atoms with Crippen molar-refractivity contribution in [3.8, 4) is 0 Å². The Hall–Kier alpha value is -1.65. The Labute approximate surface area is 158 Å². The number of hydrogen-bond donors (Lipinski definition) is 3. The molecule has 1 saturated carbocycles. The van der Waals surface area contributed by atoms with Gasteiger partial charge in [-0.2, -0.15) is 0 Å². The molecule has 1 aliphatic heterocycles. The van der Waals surface area contributed by atoms with E-state index in [2.05, 4.69) is 54.7 Å². The van der Waals surface area contributed by atoms with Crippen LogP contribution in [0.1, 0.15) is 38.2 Å². The van der Waals surface area contributed by atoms with Crippen LogP contribution in [0, 0.1) is 5.92 Å². The summed E-state index contributed by atoms with van der Waals surface area (Å²) >= 11 is 0. The molecule has 4 nitrogen and oxygen atoms in total. The molecule has 142 valence electrons. The van der Waals surface area contributed by atoms with E-state index in [0.29, 0.717) is 18.5 Å². The van der Waals surface area contributed by atoms with Gasteiger partial charge < -0.3 is 15.1 Å². The zero-order chi connectivity index (χ0) is 18.2. The normalized spacial score (nSPS) is 29.6. The standard InChI is InChI=1S/C22H33N3O/c1-19-8-5-6-12-21(19)23-22(26)18-25-16-14-24(15-17-25)13-7-11-20-9-3-2-4-10-20/h2-4,7,9-11,19,21H,5-6,8,12-18H2,1H3,(H,23,26)/p+2/b11-7+/t19-,21-/m0/s1. The number of carbonyl (C=O) groups excluding carboxylic acids is 1. The number of hydrogen-bond acceptors (Lipinski definition) is 1. The molecular weight excluding hydrogens is 322 g/mol. The highest BCUT2D eigenvalue weighted by molar-refractivity contribution is 5.77. The van der Waals surface area contributed by atoms with Crippen molar-refractivity contribution in [3.63, 3.8) is 0 Å². The number of amides is 1. The van der Waals surface area contributed by atoms with E-state index < -0.39 is 0 Å². The summed E-state index contributed by atoms with van der Waals surface area (Å²) in [5, 5.41) is 3.30. The Morgan fingerprint density at radius 2 is 1.77 bits per heavy atom. The summed E-state index contributed by atoms with van der Waals surface area (Å²) in [5.41, 5.74) is 1.27. The molecule has 1 aliphatic carbocycles. The lowest BCUT2D eigenvalue weighted by molar-refractivity contribution is -1.01. The van der Waals surface area contributed by atoms with E-state index in [0.717, 1.165) is 39.1 Å². The van der Waals surface area contributed by atoms with E-state index in [1.807, 2.05) is 0 Å². The second-order valence-electron chi connectivity index (χ2n) is 8.13. The molecule has 2 aliphatic rings. The first kappa shape index (κ1) is 19.1. The van der Waals surface area contributed by atoms with Gasteiger partial charge in [0, 0.05) is 6.04 Å². The summed E-state index contributed by atoms with van der Waals surface area (Å²) in [6.45, 7) is 8.51. The van der Waals surface area contributed by atoms with Crippen molar-refractivity contribution in [2.45, 2.75) is 38.6 Å². The monoisotopic (exact) mass is 357 g/mol. The van der Waals surface area contributed by atoms with Crippen molar-refractivity contribution in [1.82, 2.24) is 5.32 Å². The van der Waals surface area contributed by atoms with E-state index in [4.69, 9.17) is 0 Å². The first-order valence-electron chi connectivity index (χ1n) is 10.4. The van der Waals surface area contributed by atoms with Crippen LogP contribution in [-0.4, -0.2) is 51.2 Å². The Kier molecular flexibility index (Phi) is 7.27. The lowest BCUT2D eigenvalue weighted by Crippen LogP contribution is -3.28. The number of nitrogens with one attached hydrogen (secondary N) is 3. The van der Waals surface area contributed by atoms with Crippen LogP contribution in [0.2, 0.25) is 0 Å². The average Bonchev–Trinajstić information content (AvgIpc) is 2.66. The zero-order valence-electron chi connectivity index (χ0n) is 16.2. The van der Waals surface area contributed by atoms with Crippen molar-refractivity contribution in [2.24, 2.45) is 5.92 Å². The number of rotatable bonds is 6. The first-order valence-corrected chi connectivity index (χ1v) is 10.4. The molecule has 0 bridgehead atoms. The molecule has 1 aromatic rings. The summed E-state index contributed by atoms with van der Waals surface area (Å²) in [6, 6.07) is 10.9. The molecule has 0 aromatic heterocycles. The van der Waals surface area contributed by atoms with Crippen LogP contribution >= 0.6 is 0 Å². The molecule has 0 spiro atoms. The van der Waals surface area contributed by atoms with Gasteiger partial charge in [-0.25, -0.2) is 0 Å². The maximum absolute atomic E-state index is 12.4. The molecule has 3 N–H and O–H groups in total. The Balaban J connectivity index is 1.34. The van der Waals surface area contributed by atoms with Crippen molar-refractivity contribution in [3.05, 3.63) is 42.0 Å². The Bertz CT molecular complexity index is 578. The minimum atomic E-state index is 0.256. The third-order valence-corrected chi connectivity index (χ3v) is 6.05. The van der Waals surface area contributed by atoms with Crippen LogP contribution in [0.3, 0.4) is 0 Å². The predicted molar refractivity (Wildman–Crippen MR) is 106 cm³/mol. The van der Waals surface area contributed by atoms with Gasteiger partial charge >= 0.3 is 0 Å². The lowest BCUT2D eigenvalue weighted by Gasteiger charge is -2.31. The molecule has 2 fully saturated rings. The average molecular weight is 358 g/mol. The molecule has 3 rings (SSSR count). The lowest BCUT2D eigenvalue weighted by atomic mass is 9.86. The summed E-state index contributed by atoms with van der Waals surface area (Å²) in [5.74, 6) is 0.895. The molecule has 1 heterocycles. The second kappa shape index (κ2) is 9.89. The number of quaternary nitrogens is 2. The third-order valence-electron chi connectivity index (χ3n) is 6.05. The van der Waals surface area contributed by atoms with Crippen molar-refractivity contribution < 1.29 is 14.6 Å². The molecule has 4 heteroatoms. The fraction of sp³-hybridized carbons (Fsp3) is 0.591. The van der Waals surface area contributed by atoms with Gasteiger partial charge in [0.2, 0.25) is 0 Å². The first-order chi connectivity index (χ1) is 12.7. The van der Waals surface area contributed by atoms with Gasteiger partial charge in [0.25, 0.3) is 5.91 Å². The molecule has 1 amide bonds. The van der Waals surface area contributed by atoms with Gasteiger partial charge in [-0.15, -0.1) is 0 Å². The zero-order valence-corrected chi connectivity index (χ0v) is 16.2. The van der Waals surface area contributed by atoms with E-state index >= 15 is 0 Å². The third kappa shape index (κ3) is 5.96. The highest BCUT2D eigenvalue weighted by Gasteiger charge is 2.27. The van der Waals surface area contributed by atoms with Crippen LogP contribution in [0.4, 0.5) is 0 Å². The topological polar surface area (TPSA) is 38.0 Å². The van der Waals surface area contributed by atoms with Crippen molar-refractivity contribution >= 4 is 12.0 Å². The molecule has 1 saturated heterocycles. The van der Waals surface area contributed by atoms with Gasteiger partial charge in [0.1, 0.15) is 26.2 Å². The predicted octanol–water partition coefficient (Wildman–Crippen LogP) is 0.178. The number of piperazine rings is 1. The van der Waals surface area contributed by atoms with Crippen LogP contribution in [-0.2, 0) is 4.79 Å². The Morgan fingerprint density at radius 3 is 2.50 bits per heavy atom. The maximum Gasteiger partial charge on any atom is 0.275 e. The number of carbonyl (C=O) groups is 1. The van der Waals surface area contributed by atoms with Gasteiger partial charge in [-0.05, 0) is 30.4 Å². The fourth-order valence-electron chi connectivity index (χ4n) is 4.28. The highest BCUT2D eigenvalue weighted by atomic mass is 16.2. The smallest absolute Gasteiger partial charge is 0.275 e. The van der Waals surface area contributed by atoms with Crippen molar-refractivity contribution in [2.75, 3.05) is 39.3 Å². The Morgan fingerprint density at radius 1 is 1.08 bits per heavy atom. The molecular formula is C22H35N3O+2. The van der Waals surface area contributed by atoms with Crippen LogP contribution < -0.4 is 15.1 Å². The minimum absolute atomic E-state index is 0.256. The largest absolute Gasteiger partial charge is 0.348 e. The summed E-state index contributed by atoms with van der Waals surface area (Å²) < 4.78 is 0. The molecule has 2 atom stereocenters. The maximum atomic E-state index is 12.4.